The van der Waals surface area contributed by atoms with Crippen LogP contribution >= 0.6 is 0 Å². The minimum absolute atomic E-state index is 0.237. The Kier molecular flexibility index (Phi) is 2.74. The van der Waals surface area contributed by atoms with Crippen molar-refractivity contribution in [2.75, 3.05) is 6.61 Å². The van der Waals surface area contributed by atoms with Crippen LogP contribution < -0.4 is 4.74 Å². The summed E-state index contributed by atoms with van der Waals surface area (Å²) < 4.78 is 7.09. The fourth-order valence-electron chi connectivity index (χ4n) is 2.29. The van der Waals surface area contributed by atoms with Gasteiger partial charge in [-0.05, 0) is 30.7 Å². The molecule has 0 fully saturated rings. The number of aryl methyl sites for hydroxylation is 1. The molecule has 3 rings (SSSR count). The third-order valence-corrected chi connectivity index (χ3v) is 3.28. The Morgan fingerprint density at radius 2 is 2.37 bits per heavy atom. The molecule has 0 radical (unpaired) electrons. The van der Waals surface area contributed by atoms with Gasteiger partial charge in [-0.2, -0.15) is 5.10 Å². The van der Waals surface area contributed by atoms with Crippen LogP contribution in [0.1, 0.15) is 22.8 Å². The van der Waals surface area contributed by atoms with E-state index in [2.05, 4.69) is 5.10 Å². The van der Waals surface area contributed by atoms with E-state index in [0.717, 1.165) is 23.3 Å². The highest BCUT2D eigenvalue weighted by molar-refractivity contribution is 5.94. The molecular weight excluding hydrogens is 244 g/mol. The topological polar surface area (TPSA) is 64.4 Å². The lowest BCUT2D eigenvalue weighted by molar-refractivity contribution is 0.0697. The van der Waals surface area contributed by atoms with E-state index in [1.165, 1.54) is 0 Å². The molecule has 0 saturated heterocycles. The summed E-state index contributed by atoms with van der Waals surface area (Å²) in [5.41, 5.74) is 2.69. The zero-order valence-corrected chi connectivity index (χ0v) is 10.6. The fraction of sp³-hybridized carbons (Fsp3) is 0.286. The Morgan fingerprint density at radius 1 is 1.53 bits per heavy atom. The van der Waals surface area contributed by atoms with Gasteiger partial charge in [-0.1, -0.05) is 0 Å². The molecule has 0 bridgehead atoms. The van der Waals surface area contributed by atoms with Gasteiger partial charge in [0.25, 0.3) is 0 Å². The highest BCUT2D eigenvalue weighted by Gasteiger charge is 2.19. The van der Waals surface area contributed by atoms with Crippen molar-refractivity contribution >= 4 is 5.97 Å². The number of aromatic nitrogens is 2. The first kappa shape index (κ1) is 11.8. The number of aromatic carboxylic acids is 1. The standard InChI is InChI=1S/C14H14N2O3/c1-2-16-8-11(14(17)18)13(15-16)10-3-4-12-9(7-10)5-6-19-12/h3-4,7-8H,2,5-6H2,1H3,(H,17,18). The van der Waals surface area contributed by atoms with E-state index in [1.54, 1.807) is 10.9 Å². The van der Waals surface area contributed by atoms with Gasteiger partial charge in [-0.15, -0.1) is 0 Å². The number of carboxylic acid groups (broad SMARTS) is 1. The number of fused-ring (bicyclic) bond motifs is 1. The summed E-state index contributed by atoms with van der Waals surface area (Å²) >= 11 is 0. The van der Waals surface area contributed by atoms with E-state index >= 15 is 0 Å². The van der Waals surface area contributed by atoms with Crippen LogP contribution in [0.15, 0.2) is 24.4 Å². The van der Waals surface area contributed by atoms with E-state index in [1.807, 2.05) is 25.1 Å². The van der Waals surface area contributed by atoms with E-state index in [4.69, 9.17) is 4.74 Å². The Hall–Kier alpha value is -2.30. The lowest BCUT2D eigenvalue weighted by Gasteiger charge is -2.02. The minimum atomic E-state index is -0.952. The van der Waals surface area contributed by atoms with Crippen molar-refractivity contribution < 1.29 is 14.6 Å². The van der Waals surface area contributed by atoms with Crippen molar-refractivity contribution in [2.45, 2.75) is 19.9 Å². The number of nitrogens with zero attached hydrogens (tertiary/aromatic N) is 2. The maximum Gasteiger partial charge on any atom is 0.339 e. The summed E-state index contributed by atoms with van der Waals surface area (Å²) in [6.45, 7) is 3.27. The minimum Gasteiger partial charge on any atom is -0.493 e. The highest BCUT2D eigenvalue weighted by Crippen LogP contribution is 2.31. The summed E-state index contributed by atoms with van der Waals surface area (Å²) in [5.74, 6) is -0.0676. The number of hydrogen-bond donors (Lipinski definition) is 1. The Morgan fingerprint density at radius 3 is 3.11 bits per heavy atom. The number of carbonyl (C=O) groups is 1. The summed E-state index contributed by atoms with van der Waals surface area (Å²) in [7, 11) is 0. The van der Waals surface area contributed by atoms with Gasteiger partial charge < -0.3 is 9.84 Å². The van der Waals surface area contributed by atoms with Gasteiger partial charge in [0.15, 0.2) is 0 Å². The molecule has 2 heterocycles. The van der Waals surface area contributed by atoms with Crippen molar-refractivity contribution in [3.05, 3.63) is 35.5 Å². The first-order valence-electron chi connectivity index (χ1n) is 6.26. The SMILES string of the molecule is CCn1cc(C(=O)O)c(-c2ccc3c(c2)CCO3)n1. The summed E-state index contributed by atoms with van der Waals surface area (Å²) in [6.07, 6.45) is 2.43. The lowest BCUT2D eigenvalue weighted by atomic mass is 10.0. The maximum atomic E-state index is 11.3. The van der Waals surface area contributed by atoms with E-state index in [9.17, 15) is 9.90 Å². The molecule has 1 aromatic heterocycles. The molecule has 0 atom stereocenters. The number of hydrogen-bond acceptors (Lipinski definition) is 3. The first-order chi connectivity index (χ1) is 9.19. The number of rotatable bonds is 3. The first-order valence-corrected chi connectivity index (χ1v) is 6.26. The summed E-state index contributed by atoms with van der Waals surface area (Å²) in [4.78, 5) is 11.3. The van der Waals surface area contributed by atoms with Crippen LogP contribution in [0.2, 0.25) is 0 Å². The van der Waals surface area contributed by atoms with Gasteiger partial charge in [-0.25, -0.2) is 4.79 Å². The number of carboxylic acids is 1. The predicted molar refractivity (Wildman–Crippen MR) is 69.5 cm³/mol. The van der Waals surface area contributed by atoms with E-state index < -0.39 is 5.97 Å². The fourth-order valence-corrected chi connectivity index (χ4v) is 2.29. The molecule has 0 spiro atoms. The van der Waals surface area contributed by atoms with Gasteiger partial charge in [0, 0.05) is 24.7 Å². The van der Waals surface area contributed by atoms with Crippen molar-refractivity contribution in [3.8, 4) is 17.0 Å². The molecule has 1 aliphatic rings. The normalized spacial score (nSPS) is 13.1. The number of benzene rings is 1. The second-order valence-corrected chi connectivity index (χ2v) is 4.47. The molecule has 5 nitrogen and oxygen atoms in total. The van der Waals surface area contributed by atoms with E-state index in [-0.39, 0.29) is 5.56 Å². The van der Waals surface area contributed by atoms with Crippen LogP contribution in [0.4, 0.5) is 0 Å². The van der Waals surface area contributed by atoms with Gasteiger partial charge >= 0.3 is 5.97 Å². The zero-order chi connectivity index (χ0) is 13.4. The molecular formula is C14H14N2O3. The Bertz CT molecular complexity index is 646. The maximum absolute atomic E-state index is 11.3. The molecule has 5 heteroatoms. The third kappa shape index (κ3) is 1.97. The Labute approximate surface area is 110 Å². The molecule has 19 heavy (non-hydrogen) atoms. The van der Waals surface area contributed by atoms with Crippen molar-refractivity contribution in [1.29, 1.82) is 0 Å². The second kappa shape index (κ2) is 4.42. The molecule has 0 saturated carbocycles. The molecule has 0 unspecified atom stereocenters. The molecule has 98 valence electrons. The second-order valence-electron chi connectivity index (χ2n) is 4.47. The average molecular weight is 258 g/mol. The lowest BCUT2D eigenvalue weighted by Crippen LogP contribution is -1.96. The molecule has 1 aromatic carbocycles. The van der Waals surface area contributed by atoms with Gasteiger partial charge in [-0.3, -0.25) is 4.68 Å². The van der Waals surface area contributed by atoms with Gasteiger partial charge in [0.2, 0.25) is 0 Å². The van der Waals surface area contributed by atoms with Crippen molar-refractivity contribution in [1.82, 2.24) is 9.78 Å². The van der Waals surface area contributed by atoms with Crippen LogP contribution in [-0.2, 0) is 13.0 Å². The smallest absolute Gasteiger partial charge is 0.339 e. The zero-order valence-electron chi connectivity index (χ0n) is 10.6. The molecule has 1 N–H and O–H groups in total. The largest absolute Gasteiger partial charge is 0.493 e. The summed E-state index contributed by atoms with van der Waals surface area (Å²) in [6, 6.07) is 5.71. The van der Waals surface area contributed by atoms with Gasteiger partial charge in [0.1, 0.15) is 17.0 Å². The van der Waals surface area contributed by atoms with Crippen molar-refractivity contribution in [3.63, 3.8) is 0 Å². The molecule has 0 aliphatic carbocycles. The highest BCUT2D eigenvalue weighted by atomic mass is 16.5. The number of ether oxygens (including phenoxy) is 1. The van der Waals surface area contributed by atoms with Crippen LogP contribution in [0.3, 0.4) is 0 Å². The van der Waals surface area contributed by atoms with Crippen LogP contribution in [0, 0.1) is 0 Å². The van der Waals surface area contributed by atoms with Crippen LogP contribution in [-0.4, -0.2) is 27.5 Å². The van der Waals surface area contributed by atoms with Crippen LogP contribution in [0.25, 0.3) is 11.3 Å². The van der Waals surface area contributed by atoms with E-state index in [0.29, 0.717) is 18.8 Å². The summed E-state index contributed by atoms with van der Waals surface area (Å²) in [5, 5.41) is 13.6. The molecule has 2 aromatic rings. The van der Waals surface area contributed by atoms with Crippen LogP contribution in [0.5, 0.6) is 5.75 Å². The quantitative estimate of drug-likeness (QED) is 0.916. The third-order valence-electron chi connectivity index (χ3n) is 3.28. The predicted octanol–water partition coefficient (Wildman–Crippen LogP) is 2.20. The molecule has 1 aliphatic heterocycles. The molecule has 0 amide bonds. The monoisotopic (exact) mass is 258 g/mol. The van der Waals surface area contributed by atoms with Gasteiger partial charge in [0.05, 0.1) is 6.61 Å². The Balaban J connectivity index is 2.10. The van der Waals surface area contributed by atoms with Crippen molar-refractivity contribution in [2.24, 2.45) is 0 Å². The average Bonchev–Trinajstić information content (AvgIpc) is 3.04.